The molecule has 4 nitrogen and oxygen atoms in total. The van der Waals surface area contributed by atoms with E-state index in [1.165, 1.54) is 0 Å². The van der Waals surface area contributed by atoms with E-state index in [0.29, 0.717) is 17.5 Å². The molecule has 0 fully saturated rings. The number of alkyl halides is 1. The molecule has 0 aromatic carbocycles. The van der Waals surface area contributed by atoms with Crippen molar-refractivity contribution in [1.29, 1.82) is 0 Å². The lowest BCUT2D eigenvalue weighted by Crippen LogP contribution is -2.39. The molecule has 16 heavy (non-hydrogen) atoms. The zero-order valence-corrected chi connectivity index (χ0v) is 11.0. The highest BCUT2D eigenvalue weighted by atomic mass is 79.9. The first-order valence-electron chi connectivity index (χ1n) is 4.96. The van der Waals surface area contributed by atoms with Gasteiger partial charge >= 0.3 is 0 Å². The normalized spacial score (nSPS) is 12.2. The molecule has 1 unspecified atom stereocenters. The summed E-state index contributed by atoms with van der Waals surface area (Å²) in [7, 11) is 1.61. The van der Waals surface area contributed by atoms with Gasteiger partial charge in [0.1, 0.15) is 0 Å². The maximum absolute atomic E-state index is 11.9. The van der Waals surface area contributed by atoms with Crippen molar-refractivity contribution in [2.75, 3.05) is 19.0 Å². The van der Waals surface area contributed by atoms with E-state index in [4.69, 9.17) is 4.74 Å². The lowest BCUT2D eigenvalue weighted by molar-refractivity contribution is 0.0907. The molecule has 1 aromatic heterocycles. The first kappa shape index (κ1) is 13.1. The number of hydrogen-bond donors (Lipinski definition) is 1. The van der Waals surface area contributed by atoms with Gasteiger partial charge in [0.15, 0.2) is 0 Å². The predicted molar refractivity (Wildman–Crippen MR) is 65.9 cm³/mol. The fraction of sp³-hybridized carbons (Fsp3) is 0.455. The van der Waals surface area contributed by atoms with Crippen LogP contribution in [0.4, 0.5) is 0 Å². The van der Waals surface area contributed by atoms with Crippen molar-refractivity contribution in [2.24, 2.45) is 0 Å². The summed E-state index contributed by atoms with van der Waals surface area (Å²) in [6.07, 6.45) is 1.67. The van der Waals surface area contributed by atoms with Crippen LogP contribution >= 0.6 is 15.9 Å². The summed E-state index contributed by atoms with van der Waals surface area (Å²) in [6, 6.07) is 3.48. The molecule has 5 heteroatoms. The molecule has 1 heterocycles. The van der Waals surface area contributed by atoms with E-state index >= 15 is 0 Å². The molecule has 1 aromatic rings. The fourth-order valence-electron chi connectivity index (χ4n) is 1.31. The number of nitrogens with zero attached hydrogens (tertiary/aromatic N) is 1. The highest BCUT2D eigenvalue weighted by Gasteiger charge is 2.14. The lowest BCUT2D eigenvalue weighted by atomic mass is 10.2. The summed E-state index contributed by atoms with van der Waals surface area (Å²) in [5.41, 5.74) is 1.33. The van der Waals surface area contributed by atoms with Crippen LogP contribution in [0, 0.1) is 6.92 Å². The molecular weight excluding hydrogens is 272 g/mol. The Balaban J connectivity index is 2.68. The Morgan fingerprint density at radius 1 is 1.69 bits per heavy atom. The van der Waals surface area contributed by atoms with Gasteiger partial charge in [0.2, 0.25) is 0 Å². The number of hydrogen-bond acceptors (Lipinski definition) is 3. The van der Waals surface area contributed by atoms with E-state index in [9.17, 15) is 4.79 Å². The number of carbonyl (C=O) groups is 1. The molecule has 88 valence electrons. The highest BCUT2D eigenvalue weighted by molar-refractivity contribution is 9.09. The quantitative estimate of drug-likeness (QED) is 0.836. The van der Waals surface area contributed by atoms with E-state index in [0.717, 1.165) is 5.69 Å². The van der Waals surface area contributed by atoms with Gasteiger partial charge in [-0.1, -0.05) is 15.9 Å². The number of methoxy groups -OCH3 is 1. The van der Waals surface area contributed by atoms with Crippen LogP contribution in [0.1, 0.15) is 16.1 Å². The van der Waals surface area contributed by atoms with Gasteiger partial charge in [-0.2, -0.15) is 0 Å². The van der Waals surface area contributed by atoms with Gasteiger partial charge in [-0.05, 0) is 19.1 Å². The average molecular weight is 287 g/mol. The average Bonchev–Trinajstić information content (AvgIpc) is 2.28. The Bertz CT molecular complexity index is 358. The number of halogens is 1. The summed E-state index contributed by atoms with van der Waals surface area (Å²) in [4.78, 5) is 16.0. The number of aromatic nitrogens is 1. The van der Waals surface area contributed by atoms with Gasteiger partial charge in [0.05, 0.1) is 18.2 Å². The number of amides is 1. The molecule has 1 N–H and O–H groups in total. The standard InChI is InChI=1S/C11H15BrN2O2/c1-8-10(4-3-5-13-8)11(15)14-9(6-12)7-16-2/h3-5,9H,6-7H2,1-2H3,(H,14,15). The first-order valence-corrected chi connectivity index (χ1v) is 6.08. The van der Waals surface area contributed by atoms with Crippen molar-refractivity contribution < 1.29 is 9.53 Å². The number of carbonyl (C=O) groups excluding carboxylic acids is 1. The minimum absolute atomic E-state index is 0.0305. The van der Waals surface area contributed by atoms with Crippen LogP contribution in [0.25, 0.3) is 0 Å². The molecule has 0 bridgehead atoms. The second-order valence-corrected chi connectivity index (χ2v) is 4.06. The Morgan fingerprint density at radius 3 is 3.00 bits per heavy atom. The number of rotatable bonds is 5. The topological polar surface area (TPSA) is 51.2 Å². The molecule has 0 aliphatic rings. The SMILES string of the molecule is COCC(CBr)NC(=O)c1cccnc1C. The zero-order chi connectivity index (χ0) is 12.0. The van der Waals surface area contributed by atoms with Crippen LogP contribution in [-0.2, 0) is 4.74 Å². The van der Waals surface area contributed by atoms with Gasteiger partial charge < -0.3 is 10.1 Å². The maximum Gasteiger partial charge on any atom is 0.253 e. The smallest absolute Gasteiger partial charge is 0.253 e. The third-order valence-electron chi connectivity index (χ3n) is 2.14. The monoisotopic (exact) mass is 286 g/mol. The minimum atomic E-state index is -0.118. The maximum atomic E-state index is 11.9. The van der Waals surface area contributed by atoms with Crippen LogP contribution in [-0.4, -0.2) is 36.0 Å². The van der Waals surface area contributed by atoms with Crippen molar-refractivity contribution in [2.45, 2.75) is 13.0 Å². The van der Waals surface area contributed by atoms with E-state index in [1.807, 2.05) is 6.92 Å². The minimum Gasteiger partial charge on any atom is -0.383 e. The molecule has 1 rings (SSSR count). The third-order valence-corrected chi connectivity index (χ3v) is 2.92. The molecule has 0 radical (unpaired) electrons. The highest BCUT2D eigenvalue weighted by Crippen LogP contribution is 2.04. The van der Waals surface area contributed by atoms with Crippen LogP contribution in [0.15, 0.2) is 18.3 Å². The van der Waals surface area contributed by atoms with E-state index < -0.39 is 0 Å². The first-order chi connectivity index (χ1) is 7.69. The Labute approximate surface area is 104 Å². The van der Waals surface area contributed by atoms with Crippen molar-refractivity contribution in [3.05, 3.63) is 29.6 Å². The van der Waals surface area contributed by atoms with Crippen LogP contribution in [0.2, 0.25) is 0 Å². The number of aryl methyl sites for hydroxylation is 1. The number of nitrogens with one attached hydrogen (secondary N) is 1. The van der Waals surface area contributed by atoms with E-state index in [-0.39, 0.29) is 11.9 Å². The van der Waals surface area contributed by atoms with Crippen molar-refractivity contribution in [1.82, 2.24) is 10.3 Å². The largest absolute Gasteiger partial charge is 0.383 e. The summed E-state index contributed by atoms with van der Waals surface area (Å²) < 4.78 is 5.00. The van der Waals surface area contributed by atoms with Gasteiger partial charge in [-0.15, -0.1) is 0 Å². The molecule has 0 saturated heterocycles. The molecule has 0 spiro atoms. The molecule has 0 aliphatic carbocycles. The Morgan fingerprint density at radius 2 is 2.44 bits per heavy atom. The zero-order valence-electron chi connectivity index (χ0n) is 9.37. The van der Waals surface area contributed by atoms with Gasteiger partial charge in [-0.25, -0.2) is 0 Å². The van der Waals surface area contributed by atoms with Crippen molar-refractivity contribution >= 4 is 21.8 Å². The van der Waals surface area contributed by atoms with Crippen LogP contribution in [0.3, 0.4) is 0 Å². The summed E-state index contributed by atoms with van der Waals surface area (Å²) in [5.74, 6) is -0.118. The molecular formula is C11H15BrN2O2. The van der Waals surface area contributed by atoms with Gasteiger partial charge in [0, 0.05) is 24.3 Å². The summed E-state index contributed by atoms with van der Waals surface area (Å²) in [6.45, 7) is 2.30. The van der Waals surface area contributed by atoms with Crippen molar-refractivity contribution in [3.63, 3.8) is 0 Å². The van der Waals surface area contributed by atoms with E-state index in [1.54, 1.807) is 25.4 Å². The van der Waals surface area contributed by atoms with Crippen LogP contribution in [0.5, 0.6) is 0 Å². The second-order valence-electron chi connectivity index (χ2n) is 3.42. The molecule has 0 saturated carbocycles. The van der Waals surface area contributed by atoms with Gasteiger partial charge in [-0.3, -0.25) is 9.78 Å². The predicted octanol–water partition coefficient (Wildman–Crippen LogP) is 1.53. The number of pyridine rings is 1. The Kier molecular flexibility index (Phi) is 5.42. The fourth-order valence-corrected chi connectivity index (χ4v) is 1.66. The number of ether oxygens (including phenoxy) is 1. The van der Waals surface area contributed by atoms with Gasteiger partial charge in [0.25, 0.3) is 5.91 Å². The summed E-state index contributed by atoms with van der Waals surface area (Å²) >= 11 is 3.33. The molecule has 0 aliphatic heterocycles. The van der Waals surface area contributed by atoms with Crippen molar-refractivity contribution in [3.8, 4) is 0 Å². The molecule has 1 atom stereocenters. The van der Waals surface area contributed by atoms with Crippen LogP contribution < -0.4 is 5.32 Å². The lowest BCUT2D eigenvalue weighted by Gasteiger charge is -2.15. The Hall–Kier alpha value is -0.940. The molecule has 1 amide bonds. The van der Waals surface area contributed by atoms with E-state index in [2.05, 4.69) is 26.2 Å². The second kappa shape index (κ2) is 6.60. The summed E-state index contributed by atoms with van der Waals surface area (Å²) in [5, 5.41) is 3.53. The third kappa shape index (κ3) is 3.57.